The lowest BCUT2D eigenvalue weighted by atomic mass is 10.2. The molecule has 0 spiro atoms. The number of nitrogens with zero attached hydrogens (tertiary/aromatic N) is 1. The van der Waals surface area contributed by atoms with Crippen LogP contribution in [0, 0.1) is 0 Å². The third-order valence-electron chi connectivity index (χ3n) is 2.95. The number of hydrogen-bond donors (Lipinski definition) is 1. The number of fused-ring (bicyclic) bond motifs is 1. The SMILES string of the molecule is Oc1ccnc2c(OCc3ccccc3)cccc12. The van der Waals surface area contributed by atoms with Crippen molar-refractivity contribution < 1.29 is 9.84 Å². The first kappa shape index (κ1) is 11.5. The number of ether oxygens (including phenoxy) is 1. The van der Waals surface area contributed by atoms with Crippen LogP contribution in [0.25, 0.3) is 10.9 Å². The first-order chi connectivity index (χ1) is 9.34. The third-order valence-corrected chi connectivity index (χ3v) is 2.95. The zero-order valence-corrected chi connectivity index (χ0v) is 10.3. The maximum absolute atomic E-state index is 9.79. The molecule has 0 aliphatic heterocycles. The van der Waals surface area contributed by atoms with Crippen LogP contribution < -0.4 is 4.74 Å². The van der Waals surface area contributed by atoms with E-state index in [2.05, 4.69) is 4.98 Å². The Hall–Kier alpha value is -2.55. The van der Waals surface area contributed by atoms with Crippen molar-refractivity contribution in [2.75, 3.05) is 0 Å². The highest BCUT2D eigenvalue weighted by Gasteiger charge is 2.06. The van der Waals surface area contributed by atoms with Gasteiger partial charge in [0.25, 0.3) is 0 Å². The molecule has 3 nitrogen and oxygen atoms in total. The van der Waals surface area contributed by atoms with Gasteiger partial charge in [-0.3, -0.25) is 4.98 Å². The smallest absolute Gasteiger partial charge is 0.146 e. The van der Waals surface area contributed by atoms with Crippen LogP contribution in [0.2, 0.25) is 0 Å². The average molecular weight is 251 g/mol. The molecule has 0 aliphatic carbocycles. The highest BCUT2D eigenvalue weighted by molar-refractivity contribution is 5.89. The fraction of sp³-hybridized carbons (Fsp3) is 0.0625. The van der Waals surface area contributed by atoms with Gasteiger partial charge in [-0.25, -0.2) is 0 Å². The summed E-state index contributed by atoms with van der Waals surface area (Å²) in [5.41, 5.74) is 1.78. The number of aromatic hydroxyl groups is 1. The van der Waals surface area contributed by atoms with Gasteiger partial charge < -0.3 is 9.84 Å². The molecular weight excluding hydrogens is 238 g/mol. The van der Waals surface area contributed by atoms with Crippen LogP contribution in [-0.4, -0.2) is 10.1 Å². The van der Waals surface area contributed by atoms with Gasteiger partial charge in [0.15, 0.2) is 0 Å². The molecule has 1 aromatic heterocycles. The molecule has 0 saturated heterocycles. The third kappa shape index (κ3) is 2.36. The van der Waals surface area contributed by atoms with E-state index < -0.39 is 0 Å². The number of aromatic nitrogens is 1. The molecule has 0 saturated carbocycles. The Morgan fingerprint density at radius 3 is 2.63 bits per heavy atom. The normalized spacial score (nSPS) is 10.5. The van der Waals surface area contributed by atoms with E-state index in [4.69, 9.17) is 4.74 Å². The van der Waals surface area contributed by atoms with E-state index in [1.165, 1.54) is 0 Å². The molecule has 3 heteroatoms. The fourth-order valence-corrected chi connectivity index (χ4v) is 1.99. The summed E-state index contributed by atoms with van der Waals surface area (Å²) in [5, 5.41) is 10.5. The zero-order valence-electron chi connectivity index (χ0n) is 10.3. The minimum absolute atomic E-state index is 0.218. The van der Waals surface area contributed by atoms with Gasteiger partial charge in [-0.15, -0.1) is 0 Å². The molecule has 0 aliphatic rings. The summed E-state index contributed by atoms with van der Waals surface area (Å²) in [6.45, 7) is 0.483. The summed E-state index contributed by atoms with van der Waals surface area (Å²) >= 11 is 0. The molecule has 0 unspecified atom stereocenters. The number of hydrogen-bond acceptors (Lipinski definition) is 3. The van der Waals surface area contributed by atoms with Gasteiger partial charge in [0.1, 0.15) is 23.6 Å². The summed E-state index contributed by atoms with van der Waals surface area (Å²) in [6.07, 6.45) is 1.58. The lowest BCUT2D eigenvalue weighted by molar-refractivity contribution is 0.309. The first-order valence-corrected chi connectivity index (χ1v) is 6.08. The van der Waals surface area contributed by atoms with Crippen molar-refractivity contribution in [3.8, 4) is 11.5 Å². The number of benzene rings is 2. The Bertz CT molecular complexity index is 695. The summed E-state index contributed by atoms with van der Waals surface area (Å²) in [5.74, 6) is 0.896. The van der Waals surface area contributed by atoms with Gasteiger partial charge >= 0.3 is 0 Å². The standard InChI is InChI=1S/C16H13NO2/c18-14-9-10-17-16-13(14)7-4-8-15(16)19-11-12-5-2-1-3-6-12/h1-10H,11H2,(H,17,18). The van der Waals surface area contributed by atoms with Gasteiger partial charge in [0.2, 0.25) is 0 Å². The molecule has 0 amide bonds. The first-order valence-electron chi connectivity index (χ1n) is 6.08. The zero-order chi connectivity index (χ0) is 13.1. The average Bonchev–Trinajstić information content (AvgIpc) is 2.47. The second kappa shape index (κ2) is 4.98. The number of rotatable bonds is 3. The highest BCUT2D eigenvalue weighted by Crippen LogP contribution is 2.29. The predicted octanol–water partition coefficient (Wildman–Crippen LogP) is 3.52. The van der Waals surface area contributed by atoms with Crippen LogP contribution in [-0.2, 0) is 6.61 Å². The van der Waals surface area contributed by atoms with E-state index in [1.54, 1.807) is 12.3 Å². The molecule has 0 fully saturated rings. The number of para-hydroxylation sites is 1. The van der Waals surface area contributed by atoms with Crippen LogP contribution in [0.1, 0.15) is 5.56 Å². The van der Waals surface area contributed by atoms with Crippen LogP contribution in [0.4, 0.5) is 0 Å². The summed E-state index contributed by atoms with van der Waals surface area (Å²) in [4.78, 5) is 4.27. The van der Waals surface area contributed by atoms with Crippen molar-refractivity contribution >= 4 is 10.9 Å². The molecule has 1 N–H and O–H groups in total. The highest BCUT2D eigenvalue weighted by atomic mass is 16.5. The van der Waals surface area contributed by atoms with Crippen molar-refractivity contribution in [3.63, 3.8) is 0 Å². The maximum atomic E-state index is 9.79. The van der Waals surface area contributed by atoms with Gasteiger partial charge in [0.05, 0.1) is 0 Å². The largest absolute Gasteiger partial charge is 0.507 e. The Balaban J connectivity index is 1.91. The Kier molecular flexibility index (Phi) is 3.02. The van der Waals surface area contributed by atoms with E-state index in [0.717, 1.165) is 5.56 Å². The lowest BCUT2D eigenvalue weighted by Gasteiger charge is -2.09. The van der Waals surface area contributed by atoms with Crippen molar-refractivity contribution in [2.45, 2.75) is 6.61 Å². The lowest BCUT2D eigenvalue weighted by Crippen LogP contribution is -1.96. The summed E-state index contributed by atoms with van der Waals surface area (Å²) in [7, 11) is 0. The Morgan fingerprint density at radius 2 is 1.79 bits per heavy atom. The van der Waals surface area contributed by atoms with Crippen LogP contribution >= 0.6 is 0 Å². The molecule has 19 heavy (non-hydrogen) atoms. The van der Waals surface area contributed by atoms with Crippen molar-refractivity contribution in [1.29, 1.82) is 0 Å². The van der Waals surface area contributed by atoms with Gasteiger partial charge in [-0.2, -0.15) is 0 Å². The maximum Gasteiger partial charge on any atom is 0.146 e. The quantitative estimate of drug-likeness (QED) is 0.774. The van der Waals surface area contributed by atoms with E-state index in [-0.39, 0.29) is 5.75 Å². The van der Waals surface area contributed by atoms with E-state index in [9.17, 15) is 5.11 Å². The van der Waals surface area contributed by atoms with Crippen LogP contribution in [0.15, 0.2) is 60.8 Å². The summed E-state index contributed by atoms with van der Waals surface area (Å²) < 4.78 is 5.79. The molecular formula is C16H13NO2. The topological polar surface area (TPSA) is 42.4 Å². The summed E-state index contributed by atoms with van der Waals surface area (Å²) in [6, 6.07) is 17.1. The molecule has 2 aromatic carbocycles. The minimum atomic E-state index is 0.218. The van der Waals surface area contributed by atoms with E-state index in [1.807, 2.05) is 48.5 Å². The second-order valence-electron chi connectivity index (χ2n) is 4.26. The molecule has 3 rings (SSSR count). The van der Waals surface area contributed by atoms with Crippen molar-refractivity contribution in [3.05, 3.63) is 66.4 Å². The molecule has 0 atom stereocenters. The van der Waals surface area contributed by atoms with Gasteiger partial charge in [-0.05, 0) is 23.8 Å². The van der Waals surface area contributed by atoms with E-state index in [0.29, 0.717) is 23.3 Å². The van der Waals surface area contributed by atoms with E-state index >= 15 is 0 Å². The molecule has 94 valence electrons. The molecule has 0 radical (unpaired) electrons. The molecule has 3 aromatic rings. The van der Waals surface area contributed by atoms with Crippen molar-refractivity contribution in [1.82, 2.24) is 4.98 Å². The van der Waals surface area contributed by atoms with Gasteiger partial charge in [0, 0.05) is 11.6 Å². The van der Waals surface area contributed by atoms with Crippen LogP contribution in [0.3, 0.4) is 0 Å². The number of pyridine rings is 1. The fourth-order valence-electron chi connectivity index (χ4n) is 1.99. The second-order valence-corrected chi connectivity index (χ2v) is 4.26. The van der Waals surface area contributed by atoms with Crippen molar-refractivity contribution in [2.24, 2.45) is 0 Å². The predicted molar refractivity (Wildman–Crippen MR) is 74.2 cm³/mol. The minimum Gasteiger partial charge on any atom is -0.507 e. The van der Waals surface area contributed by atoms with Crippen LogP contribution in [0.5, 0.6) is 11.5 Å². The monoisotopic (exact) mass is 251 g/mol. The molecule has 1 heterocycles. The Morgan fingerprint density at radius 1 is 0.947 bits per heavy atom. The molecule has 0 bridgehead atoms. The van der Waals surface area contributed by atoms with Gasteiger partial charge in [-0.1, -0.05) is 36.4 Å². The Labute approximate surface area is 111 Å².